The second-order valence-electron chi connectivity index (χ2n) is 7.26. The fraction of sp³-hybridized carbons (Fsp3) is 0.125. The molecule has 3 aromatic carbocycles. The second-order valence-corrected chi connectivity index (χ2v) is 7.66. The van der Waals surface area contributed by atoms with Crippen molar-refractivity contribution in [2.24, 2.45) is 12.2 Å². The molecule has 0 amide bonds. The summed E-state index contributed by atoms with van der Waals surface area (Å²) < 4.78 is 2.09. The minimum atomic E-state index is 0.465. The quantitative estimate of drug-likeness (QED) is 0.234. The molecule has 146 valence electrons. The van der Waals surface area contributed by atoms with E-state index >= 15 is 0 Å². The molecule has 4 rings (SSSR count). The number of benzene rings is 3. The molecular weight excluding hydrogens is 382 g/mol. The Labute approximate surface area is 175 Å². The monoisotopic (exact) mass is 403 g/mol. The van der Waals surface area contributed by atoms with Crippen molar-refractivity contribution < 1.29 is 5.21 Å². The number of nitrogens with one attached hydrogen (secondary N) is 1. The van der Waals surface area contributed by atoms with Crippen molar-refractivity contribution in [1.29, 1.82) is 0 Å². The van der Waals surface area contributed by atoms with Gasteiger partial charge in [0.05, 0.1) is 16.2 Å². The van der Waals surface area contributed by atoms with Crippen molar-refractivity contribution in [2.75, 3.05) is 5.32 Å². The Kier molecular flexibility index (Phi) is 5.03. The van der Waals surface area contributed by atoms with Crippen LogP contribution >= 0.6 is 11.6 Å². The van der Waals surface area contributed by atoms with E-state index in [2.05, 4.69) is 27.2 Å². The summed E-state index contributed by atoms with van der Waals surface area (Å²) >= 11 is 6.60. The van der Waals surface area contributed by atoms with E-state index in [0.717, 1.165) is 33.6 Å². The molecule has 0 aliphatic heterocycles. The molecule has 4 aromatic rings. The predicted octanol–water partition coefficient (Wildman–Crippen LogP) is 6.42. The first-order chi connectivity index (χ1) is 14.0. The van der Waals surface area contributed by atoms with Crippen LogP contribution in [0.1, 0.15) is 22.3 Å². The Morgan fingerprint density at radius 1 is 1.00 bits per heavy atom. The molecule has 0 saturated heterocycles. The topological polar surface area (TPSA) is 49.6 Å². The zero-order valence-electron chi connectivity index (χ0n) is 16.6. The van der Waals surface area contributed by atoms with Crippen molar-refractivity contribution in [3.05, 3.63) is 94.1 Å². The number of hydrogen-bond donors (Lipinski definition) is 2. The summed E-state index contributed by atoms with van der Waals surface area (Å²) in [6, 6.07) is 20.0. The van der Waals surface area contributed by atoms with Gasteiger partial charge in [0.2, 0.25) is 0 Å². The van der Waals surface area contributed by atoms with Gasteiger partial charge in [-0.2, -0.15) is 0 Å². The van der Waals surface area contributed by atoms with Gasteiger partial charge in [-0.3, -0.25) is 0 Å². The van der Waals surface area contributed by atoms with Gasteiger partial charge >= 0.3 is 0 Å². The maximum absolute atomic E-state index is 9.71. The first kappa shape index (κ1) is 19.1. The van der Waals surface area contributed by atoms with Crippen LogP contribution in [0.25, 0.3) is 10.9 Å². The van der Waals surface area contributed by atoms with Crippen LogP contribution in [0.15, 0.2) is 72.0 Å². The van der Waals surface area contributed by atoms with E-state index in [0.29, 0.717) is 16.3 Å². The van der Waals surface area contributed by atoms with Crippen LogP contribution < -0.4 is 5.32 Å². The summed E-state index contributed by atoms with van der Waals surface area (Å²) in [6.45, 7) is 4.00. The van der Waals surface area contributed by atoms with Crippen molar-refractivity contribution in [3.63, 3.8) is 0 Å². The molecule has 1 heterocycles. The first-order valence-electron chi connectivity index (χ1n) is 9.38. The average molecular weight is 404 g/mol. The fourth-order valence-electron chi connectivity index (χ4n) is 3.64. The lowest BCUT2D eigenvalue weighted by Crippen LogP contribution is -2.07. The Hall–Kier alpha value is -3.24. The molecule has 2 N–H and O–H groups in total. The Morgan fingerprint density at radius 3 is 2.59 bits per heavy atom. The number of aromatic nitrogens is 1. The molecular formula is C24H22ClN3O. The van der Waals surface area contributed by atoms with Gasteiger partial charge in [-0.05, 0) is 55.8 Å². The predicted molar refractivity (Wildman–Crippen MR) is 121 cm³/mol. The van der Waals surface area contributed by atoms with Crippen molar-refractivity contribution >= 4 is 39.6 Å². The third-order valence-electron chi connectivity index (χ3n) is 5.15. The zero-order valence-corrected chi connectivity index (χ0v) is 17.3. The largest absolute Gasteiger partial charge is 0.410 e. The highest BCUT2D eigenvalue weighted by Crippen LogP contribution is 2.30. The summed E-state index contributed by atoms with van der Waals surface area (Å²) in [5.74, 6) is 0. The number of halogens is 1. The number of rotatable bonds is 4. The van der Waals surface area contributed by atoms with Crippen LogP contribution in [0, 0.1) is 13.8 Å². The minimum absolute atomic E-state index is 0.465. The summed E-state index contributed by atoms with van der Waals surface area (Å²) in [5, 5.41) is 18.4. The van der Waals surface area contributed by atoms with E-state index in [-0.39, 0.29) is 0 Å². The molecule has 0 saturated carbocycles. The van der Waals surface area contributed by atoms with E-state index in [1.807, 2.05) is 75.6 Å². The minimum Gasteiger partial charge on any atom is -0.410 e. The summed E-state index contributed by atoms with van der Waals surface area (Å²) in [4.78, 5) is 0. The van der Waals surface area contributed by atoms with Gasteiger partial charge in [0.25, 0.3) is 0 Å². The van der Waals surface area contributed by atoms with E-state index in [9.17, 15) is 5.21 Å². The molecule has 0 atom stereocenters. The third-order valence-corrected chi connectivity index (χ3v) is 5.46. The molecule has 0 bridgehead atoms. The van der Waals surface area contributed by atoms with Gasteiger partial charge in [0.15, 0.2) is 0 Å². The van der Waals surface area contributed by atoms with Crippen LogP contribution in [0.5, 0.6) is 0 Å². The molecule has 0 aliphatic rings. The molecule has 0 spiro atoms. The molecule has 0 fully saturated rings. The van der Waals surface area contributed by atoms with Crippen molar-refractivity contribution in [3.8, 4) is 0 Å². The SMILES string of the molecule is Cc1ccc(C)c(C(=NO)c2ccc(Nc3cccc4ccn(C)c34)cc2Cl)c1. The average Bonchev–Trinajstić information content (AvgIpc) is 3.08. The maximum atomic E-state index is 9.71. The molecule has 29 heavy (non-hydrogen) atoms. The molecule has 0 unspecified atom stereocenters. The van der Waals surface area contributed by atoms with Gasteiger partial charge in [-0.15, -0.1) is 0 Å². The summed E-state index contributed by atoms with van der Waals surface area (Å²) in [6.07, 6.45) is 2.04. The van der Waals surface area contributed by atoms with Crippen LogP contribution in [0.2, 0.25) is 5.02 Å². The third kappa shape index (κ3) is 3.59. The highest BCUT2D eigenvalue weighted by atomic mass is 35.5. The molecule has 1 aromatic heterocycles. The zero-order chi connectivity index (χ0) is 20.5. The highest BCUT2D eigenvalue weighted by molar-refractivity contribution is 6.35. The van der Waals surface area contributed by atoms with Gasteiger partial charge in [0, 0.05) is 35.4 Å². The Bertz CT molecular complexity index is 1240. The number of para-hydroxylation sites is 1. The lowest BCUT2D eigenvalue weighted by Gasteiger charge is -2.14. The van der Waals surface area contributed by atoms with Crippen LogP contribution in [-0.2, 0) is 7.05 Å². The summed E-state index contributed by atoms with van der Waals surface area (Å²) in [5.41, 5.74) is 7.13. The molecule has 5 heteroatoms. The van der Waals surface area contributed by atoms with Crippen LogP contribution in [0.4, 0.5) is 11.4 Å². The number of anilines is 2. The van der Waals surface area contributed by atoms with Gasteiger partial charge < -0.3 is 15.1 Å². The fourth-order valence-corrected chi connectivity index (χ4v) is 3.91. The smallest absolute Gasteiger partial charge is 0.118 e. The highest BCUT2D eigenvalue weighted by Gasteiger charge is 2.15. The lowest BCUT2D eigenvalue weighted by atomic mass is 9.96. The van der Waals surface area contributed by atoms with Gasteiger partial charge in [0.1, 0.15) is 5.71 Å². The number of oxime groups is 1. The number of fused-ring (bicyclic) bond motifs is 1. The van der Waals surface area contributed by atoms with E-state index < -0.39 is 0 Å². The first-order valence-corrected chi connectivity index (χ1v) is 9.76. The van der Waals surface area contributed by atoms with Gasteiger partial charge in [-0.25, -0.2) is 0 Å². The van der Waals surface area contributed by atoms with Gasteiger partial charge in [-0.1, -0.05) is 46.6 Å². The number of hydrogen-bond acceptors (Lipinski definition) is 3. The molecule has 0 aliphatic carbocycles. The normalized spacial score (nSPS) is 11.8. The maximum Gasteiger partial charge on any atom is 0.118 e. The Balaban J connectivity index is 1.71. The van der Waals surface area contributed by atoms with Crippen molar-refractivity contribution in [1.82, 2.24) is 4.57 Å². The van der Waals surface area contributed by atoms with Crippen molar-refractivity contribution in [2.45, 2.75) is 13.8 Å². The Morgan fingerprint density at radius 2 is 1.83 bits per heavy atom. The number of nitrogens with zero attached hydrogens (tertiary/aromatic N) is 2. The summed E-state index contributed by atoms with van der Waals surface area (Å²) in [7, 11) is 2.03. The molecule has 4 nitrogen and oxygen atoms in total. The second kappa shape index (κ2) is 7.64. The van der Waals surface area contributed by atoms with E-state index in [4.69, 9.17) is 11.6 Å². The lowest BCUT2D eigenvalue weighted by molar-refractivity contribution is 0.319. The standard InChI is InChI=1S/C24H22ClN3O/c1-15-7-8-16(2)20(13-15)23(27-29)19-10-9-18(14-21(19)25)26-22-6-4-5-17-11-12-28(3)24(17)22/h4-14,26,29H,1-3H3. The molecule has 0 radical (unpaired) electrons. The van der Waals surface area contributed by atoms with E-state index in [1.54, 1.807) is 0 Å². The van der Waals surface area contributed by atoms with Crippen LogP contribution in [-0.4, -0.2) is 15.5 Å². The van der Waals surface area contributed by atoms with E-state index in [1.165, 1.54) is 5.39 Å². The van der Waals surface area contributed by atoms with Crippen LogP contribution in [0.3, 0.4) is 0 Å². The number of aryl methyl sites for hydroxylation is 3.